The molecule has 150 valence electrons. The molecular formula is C22H39NO3. The van der Waals surface area contributed by atoms with Crippen LogP contribution in [-0.4, -0.2) is 36.5 Å². The van der Waals surface area contributed by atoms with Crippen molar-refractivity contribution in [1.82, 2.24) is 4.90 Å². The SMILES string of the molecule is CCCCCCCCOC(=O)C1CCN(C(=O)CCC2CCCC2)CC1. The van der Waals surface area contributed by atoms with E-state index in [0.29, 0.717) is 13.0 Å². The van der Waals surface area contributed by atoms with Crippen LogP contribution < -0.4 is 0 Å². The van der Waals surface area contributed by atoms with E-state index in [-0.39, 0.29) is 17.8 Å². The van der Waals surface area contributed by atoms with Gasteiger partial charge in [0.05, 0.1) is 12.5 Å². The van der Waals surface area contributed by atoms with E-state index in [1.54, 1.807) is 0 Å². The van der Waals surface area contributed by atoms with Crippen molar-refractivity contribution >= 4 is 11.9 Å². The minimum atomic E-state index is -0.0448. The Labute approximate surface area is 160 Å². The smallest absolute Gasteiger partial charge is 0.309 e. The van der Waals surface area contributed by atoms with Gasteiger partial charge in [0, 0.05) is 19.5 Å². The largest absolute Gasteiger partial charge is 0.465 e. The highest BCUT2D eigenvalue weighted by Gasteiger charge is 2.28. The molecule has 0 N–H and O–H groups in total. The molecule has 4 nitrogen and oxygen atoms in total. The number of carbonyl (C=O) groups is 2. The van der Waals surface area contributed by atoms with Gasteiger partial charge in [0.2, 0.25) is 5.91 Å². The Bertz CT molecular complexity index is 410. The molecule has 0 unspecified atom stereocenters. The first kappa shape index (κ1) is 21.2. The average Bonchev–Trinajstić information content (AvgIpc) is 3.19. The van der Waals surface area contributed by atoms with Gasteiger partial charge in [-0.05, 0) is 31.6 Å². The summed E-state index contributed by atoms with van der Waals surface area (Å²) in [7, 11) is 0. The summed E-state index contributed by atoms with van der Waals surface area (Å²) >= 11 is 0. The van der Waals surface area contributed by atoms with Gasteiger partial charge in [0.15, 0.2) is 0 Å². The molecule has 2 rings (SSSR count). The lowest BCUT2D eigenvalue weighted by molar-refractivity contribution is -0.151. The Morgan fingerprint density at radius 2 is 1.58 bits per heavy atom. The molecule has 0 aromatic carbocycles. The van der Waals surface area contributed by atoms with Crippen LogP contribution >= 0.6 is 0 Å². The number of carbonyl (C=O) groups excluding carboxylic acids is 2. The van der Waals surface area contributed by atoms with Crippen LogP contribution in [0.4, 0.5) is 0 Å². The summed E-state index contributed by atoms with van der Waals surface area (Å²) in [6.45, 7) is 4.22. The number of amides is 1. The molecule has 1 amide bonds. The lowest BCUT2D eigenvalue weighted by Crippen LogP contribution is -2.40. The third-order valence-electron chi connectivity index (χ3n) is 6.16. The van der Waals surface area contributed by atoms with Crippen LogP contribution in [0.3, 0.4) is 0 Å². The maximum absolute atomic E-state index is 12.4. The van der Waals surface area contributed by atoms with Crippen molar-refractivity contribution in [1.29, 1.82) is 0 Å². The van der Waals surface area contributed by atoms with Gasteiger partial charge in [0.25, 0.3) is 0 Å². The monoisotopic (exact) mass is 365 g/mol. The fraction of sp³-hybridized carbons (Fsp3) is 0.909. The number of unbranched alkanes of at least 4 members (excludes halogenated alkanes) is 5. The van der Waals surface area contributed by atoms with Crippen molar-refractivity contribution in [2.24, 2.45) is 11.8 Å². The fourth-order valence-electron chi connectivity index (χ4n) is 4.32. The van der Waals surface area contributed by atoms with Crippen LogP contribution in [0.5, 0.6) is 0 Å². The van der Waals surface area contributed by atoms with E-state index in [1.807, 2.05) is 4.90 Å². The zero-order valence-electron chi connectivity index (χ0n) is 16.8. The number of piperidine rings is 1. The lowest BCUT2D eigenvalue weighted by atomic mass is 9.96. The first-order valence-corrected chi connectivity index (χ1v) is 11.1. The van der Waals surface area contributed by atoms with E-state index >= 15 is 0 Å². The lowest BCUT2D eigenvalue weighted by Gasteiger charge is -2.31. The zero-order valence-corrected chi connectivity index (χ0v) is 16.8. The predicted octanol–water partition coefficient (Wildman–Crippen LogP) is 5.10. The number of hydrogen-bond acceptors (Lipinski definition) is 3. The van der Waals surface area contributed by atoms with E-state index in [0.717, 1.165) is 51.1 Å². The first-order chi connectivity index (χ1) is 12.7. The van der Waals surface area contributed by atoms with E-state index in [9.17, 15) is 9.59 Å². The molecule has 1 heterocycles. The Kier molecular flexibility index (Phi) is 10.1. The van der Waals surface area contributed by atoms with Gasteiger partial charge < -0.3 is 9.64 Å². The topological polar surface area (TPSA) is 46.6 Å². The third kappa shape index (κ3) is 7.67. The molecule has 0 bridgehead atoms. The fourth-order valence-corrected chi connectivity index (χ4v) is 4.32. The number of nitrogens with zero attached hydrogens (tertiary/aromatic N) is 1. The molecule has 0 aromatic heterocycles. The van der Waals surface area contributed by atoms with Crippen molar-refractivity contribution in [3.8, 4) is 0 Å². The van der Waals surface area contributed by atoms with Crippen LogP contribution in [0.1, 0.15) is 96.8 Å². The summed E-state index contributed by atoms with van der Waals surface area (Å²) in [5.74, 6) is 1.01. The second-order valence-electron chi connectivity index (χ2n) is 8.28. The first-order valence-electron chi connectivity index (χ1n) is 11.1. The van der Waals surface area contributed by atoms with E-state index in [2.05, 4.69) is 6.92 Å². The molecule has 1 saturated carbocycles. The van der Waals surface area contributed by atoms with Gasteiger partial charge in [-0.25, -0.2) is 0 Å². The molecule has 26 heavy (non-hydrogen) atoms. The summed E-state index contributed by atoms with van der Waals surface area (Å²) in [4.78, 5) is 26.5. The van der Waals surface area contributed by atoms with Crippen LogP contribution in [0, 0.1) is 11.8 Å². The number of rotatable bonds is 11. The molecule has 0 atom stereocenters. The van der Waals surface area contributed by atoms with Gasteiger partial charge >= 0.3 is 5.97 Å². The number of esters is 1. The molecule has 0 radical (unpaired) electrons. The number of hydrogen-bond donors (Lipinski definition) is 0. The summed E-state index contributed by atoms with van der Waals surface area (Å²) in [6, 6.07) is 0. The second kappa shape index (κ2) is 12.3. The Balaban J connectivity index is 1.52. The molecule has 0 aromatic rings. The predicted molar refractivity (Wildman–Crippen MR) is 105 cm³/mol. The summed E-state index contributed by atoms with van der Waals surface area (Å²) < 4.78 is 5.46. The van der Waals surface area contributed by atoms with Gasteiger partial charge in [-0.3, -0.25) is 9.59 Å². The Hall–Kier alpha value is -1.06. The highest BCUT2D eigenvalue weighted by atomic mass is 16.5. The van der Waals surface area contributed by atoms with Crippen LogP contribution in [-0.2, 0) is 14.3 Å². The van der Waals surface area contributed by atoms with Crippen molar-refractivity contribution in [3.05, 3.63) is 0 Å². The van der Waals surface area contributed by atoms with E-state index < -0.39 is 0 Å². The molecular weight excluding hydrogens is 326 g/mol. The van der Waals surface area contributed by atoms with E-state index in [1.165, 1.54) is 51.4 Å². The number of ether oxygens (including phenoxy) is 1. The van der Waals surface area contributed by atoms with Gasteiger partial charge in [0.1, 0.15) is 0 Å². The molecule has 4 heteroatoms. The molecule has 1 aliphatic heterocycles. The molecule has 1 saturated heterocycles. The van der Waals surface area contributed by atoms with Gasteiger partial charge in [-0.2, -0.15) is 0 Å². The van der Waals surface area contributed by atoms with E-state index in [4.69, 9.17) is 4.74 Å². The van der Waals surface area contributed by atoms with Gasteiger partial charge in [-0.15, -0.1) is 0 Å². The summed E-state index contributed by atoms with van der Waals surface area (Å²) in [6.07, 6.45) is 15.8. The summed E-state index contributed by atoms with van der Waals surface area (Å²) in [5.41, 5.74) is 0. The van der Waals surface area contributed by atoms with Crippen LogP contribution in [0.25, 0.3) is 0 Å². The maximum atomic E-state index is 12.4. The van der Waals surface area contributed by atoms with Crippen molar-refractivity contribution in [2.45, 2.75) is 96.8 Å². The quantitative estimate of drug-likeness (QED) is 0.378. The standard InChI is InChI=1S/C22H39NO3/c1-2-3-4-5-6-9-18-26-22(25)20-14-16-23(17-15-20)21(24)13-12-19-10-7-8-11-19/h19-20H,2-18H2,1H3. The normalized spacial score (nSPS) is 19.0. The molecule has 2 fully saturated rings. The average molecular weight is 366 g/mol. The minimum absolute atomic E-state index is 0.00558. The zero-order chi connectivity index (χ0) is 18.6. The van der Waals surface area contributed by atoms with Crippen molar-refractivity contribution in [3.63, 3.8) is 0 Å². The Morgan fingerprint density at radius 3 is 2.27 bits per heavy atom. The highest BCUT2D eigenvalue weighted by molar-refractivity contribution is 5.77. The van der Waals surface area contributed by atoms with Crippen LogP contribution in [0.2, 0.25) is 0 Å². The van der Waals surface area contributed by atoms with Crippen molar-refractivity contribution in [2.75, 3.05) is 19.7 Å². The second-order valence-corrected chi connectivity index (χ2v) is 8.28. The molecule has 1 aliphatic carbocycles. The van der Waals surface area contributed by atoms with Crippen LogP contribution in [0.15, 0.2) is 0 Å². The van der Waals surface area contributed by atoms with Gasteiger partial charge in [-0.1, -0.05) is 64.7 Å². The highest BCUT2D eigenvalue weighted by Crippen LogP contribution is 2.29. The number of likely N-dealkylation sites (tertiary alicyclic amines) is 1. The minimum Gasteiger partial charge on any atom is -0.465 e. The van der Waals surface area contributed by atoms with Crippen molar-refractivity contribution < 1.29 is 14.3 Å². The molecule has 2 aliphatic rings. The Morgan fingerprint density at radius 1 is 0.923 bits per heavy atom. The third-order valence-corrected chi connectivity index (χ3v) is 6.16. The maximum Gasteiger partial charge on any atom is 0.309 e. The molecule has 0 spiro atoms. The summed E-state index contributed by atoms with van der Waals surface area (Å²) in [5, 5.41) is 0.